The number of aromatic nitrogens is 2. The summed E-state index contributed by atoms with van der Waals surface area (Å²) in [5, 5.41) is 15.5. The third-order valence-corrected chi connectivity index (χ3v) is 2.52. The molecule has 1 aromatic carbocycles. The van der Waals surface area contributed by atoms with Gasteiger partial charge in [0.1, 0.15) is 0 Å². The van der Waals surface area contributed by atoms with Gasteiger partial charge in [0.05, 0.1) is 14.9 Å². The molecule has 0 N–H and O–H groups in total. The Bertz CT molecular complexity index is 521. The second-order valence-electron chi connectivity index (χ2n) is 2.92. The van der Waals surface area contributed by atoms with E-state index in [1.807, 2.05) is 0 Å². The van der Waals surface area contributed by atoms with E-state index >= 15 is 0 Å². The number of hydrogen-bond acceptors (Lipinski definition) is 3. The van der Waals surface area contributed by atoms with Gasteiger partial charge in [-0.3, -0.25) is 14.8 Å². The molecule has 5 nitrogen and oxygen atoms in total. The number of nitro groups is 1. The molecule has 0 fully saturated rings. The van der Waals surface area contributed by atoms with E-state index in [1.165, 1.54) is 6.07 Å². The van der Waals surface area contributed by atoms with Crippen molar-refractivity contribution in [3.05, 3.63) is 32.9 Å². The molecule has 0 unspecified atom stereocenters. The molecule has 0 amide bonds. The van der Waals surface area contributed by atoms with Gasteiger partial charge >= 0.3 is 0 Å². The molecule has 0 atom stereocenters. The van der Waals surface area contributed by atoms with Gasteiger partial charge in [-0.1, -0.05) is 0 Å². The van der Waals surface area contributed by atoms with E-state index in [9.17, 15) is 10.1 Å². The van der Waals surface area contributed by atoms with E-state index in [4.69, 9.17) is 0 Å². The van der Waals surface area contributed by atoms with Gasteiger partial charge in [-0.05, 0) is 22.0 Å². The van der Waals surface area contributed by atoms with Gasteiger partial charge < -0.3 is 0 Å². The van der Waals surface area contributed by atoms with Crippen LogP contribution in [0.25, 0.3) is 10.9 Å². The van der Waals surface area contributed by atoms with Gasteiger partial charge in [0, 0.05) is 24.7 Å². The smallest absolute Gasteiger partial charge is 0.275 e. The Morgan fingerprint density at radius 1 is 1.57 bits per heavy atom. The zero-order valence-corrected chi connectivity index (χ0v) is 8.85. The highest BCUT2D eigenvalue weighted by Gasteiger charge is 2.14. The number of fused-ring (bicyclic) bond motifs is 1. The summed E-state index contributed by atoms with van der Waals surface area (Å²) >= 11 is 3.14. The molecule has 0 radical (unpaired) electrons. The highest BCUT2D eigenvalue weighted by Crippen LogP contribution is 2.29. The first-order chi connectivity index (χ1) is 6.58. The van der Waals surface area contributed by atoms with E-state index in [2.05, 4.69) is 21.0 Å². The van der Waals surface area contributed by atoms with Crippen LogP contribution in [0.5, 0.6) is 0 Å². The van der Waals surface area contributed by atoms with Gasteiger partial charge in [0.2, 0.25) is 0 Å². The minimum atomic E-state index is -0.420. The zero-order chi connectivity index (χ0) is 10.3. The summed E-state index contributed by atoms with van der Waals surface area (Å²) in [5.41, 5.74) is 0.801. The minimum absolute atomic E-state index is 0.0606. The lowest BCUT2D eigenvalue weighted by atomic mass is 10.2. The van der Waals surface area contributed by atoms with E-state index < -0.39 is 4.92 Å². The van der Waals surface area contributed by atoms with Crippen LogP contribution in [0.2, 0.25) is 0 Å². The van der Waals surface area contributed by atoms with Crippen LogP contribution in [-0.2, 0) is 7.05 Å². The predicted molar refractivity (Wildman–Crippen MR) is 55.1 cm³/mol. The van der Waals surface area contributed by atoms with Crippen LogP contribution in [-0.4, -0.2) is 14.7 Å². The summed E-state index contributed by atoms with van der Waals surface area (Å²) in [6.45, 7) is 0. The van der Waals surface area contributed by atoms with Crippen LogP contribution in [0, 0.1) is 10.1 Å². The first-order valence-corrected chi connectivity index (χ1v) is 4.64. The largest absolute Gasteiger partial charge is 0.284 e. The topological polar surface area (TPSA) is 61.0 Å². The Kier molecular flexibility index (Phi) is 1.99. The number of nitro benzene ring substituents is 1. The molecule has 1 aromatic heterocycles. The molecule has 2 aromatic rings. The summed E-state index contributed by atoms with van der Waals surface area (Å²) in [4.78, 5) is 10.2. The van der Waals surface area contributed by atoms with Crippen molar-refractivity contribution in [2.75, 3.05) is 0 Å². The number of aryl methyl sites for hydroxylation is 1. The molecular weight excluding hydrogens is 250 g/mol. The summed E-state index contributed by atoms with van der Waals surface area (Å²) in [6, 6.07) is 3.15. The Morgan fingerprint density at radius 3 is 2.93 bits per heavy atom. The third-order valence-electron chi connectivity index (χ3n) is 1.88. The molecule has 0 aliphatic heterocycles. The lowest BCUT2D eigenvalue weighted by Crippen LogP contribution is -1.88. The first kappa shape index (κ1) is 9.14. The van der Waals surface area contributed by atoms with Crippen LogP contribution in [0.1, 0.15) is 0 Å². The minimum Gasteiger partial charge on any atom is -0.275 e. The van der Waals surface area contributed by atoms with Gasteiger partial charge in [0.15, 0.2) is 0 Å². The van der Waals surface area contributed by atoms with Crippen molar-refractivity contribution in [3.8, 4) is 0 Å². The molecule has 14 heavy (non-hydrogen) atoms. The lowest BCUT2D eigenvalue weighted by molar-refractivity contribution is -0.385. The van der Waals surface area contributed by atoms with Crippen molar-refractivity contribution in [2.45, 2.75) is 0 Å². The molecule has 0 bridgehead atoms. The Labute approximate surface area is 87.6 Å². The molecule has 6 heteroatoms. The Hall–Kier alpha value is -1.43. The summed E-state index contributed by atoms with van der Waals surface area (Å²) < 4.78 is 2.08. The monoisotopic (exact) mass is 255 g/mol. The maximum absolute atomic E-state index is 10.6. The molecule has 0 aliphatic rings. The van der Waals surface area contributed by atoms with Crippen molar-refractivity contribution >= 4 is 32.5 Å². The maximum Gasteiger partial charge on any atom is 0.284 e. The van der Waals surface area contributed by atoms with Crippen LogP contribution < -0.4 is 0 Å². The molecule has 72 valence electrons. The number of benzene rings is 1. The van der Waals surface area contributed by atoms with Gasteiger partial charge in [0.25, 0.3) is 5.69 Å². The van der Waals surface area contributed by atoms with E-state index in [0.717, 1.165) is 10.9 Å². The van der Waals surface area contributed by atoms with Crippen molar-refractivity contribution < 1.29 is 4.92 Å². The lowest BCUT2D eigenvalue weighted by Gasteiger charge is -1.93. The van der Waals surface area contributed by atoms with Crippen molar-refractivity contribution in [3.63, 3.8) is 0 Å². The highest BCUT2D eigenvalue weighted by molar-refractivity contribution is 9.10. The maximum atomic E-state index is 10.6. The quantitative estimate of drug-likeness (QED) is 0.580. The molecule has 2 rings (SSSR count). The Morgan fingerprint density at radius 2 is 2.29 bits per heavy atom. The summed E-state index contributed by atoms with van der Waals surface area (Å²) in [7, 11) is 1.78. The Balaban J connectivity index is 2.76. The van der Waals surface area contributed by atoms with E-state index in [-0.39, 0.29) is 5.69 Å². The van der Waals surface area contributed by atoms with Gasteiger partial charge in [-0.25, -0.2) is 0 Å². The first-order valence-electron chi connectivity index (χ1n) is 3.85. The summed E-state index contributed by atoms with van der Waals surface area (Å²) in [6.07, 6.45) is 1.74. The fourth-order valence-electron chi connectivity index (χ4n) is 1.30. The highest BCUT2D eigenvalue weighted by atomic mass is 79.9. The van der Waals surface area contributed by atoms with E-state index in [1.54, 1.807) is 24.0 Å². The molecule has 0 spiro atoms. The molecule has 1 heterocycles. The fourth-order valence-corrected chi connectivity index (χ4v) is 1.77. The SMILES string of the molecule is Cn1cc2cc([N+](=O)[O-])c(Br)cc2n1. The second-order valence-corrected chi connectivity index (χ2v) is 3.78. The van der Waals surface area contributed by atoms with Crippen LogP contribution in [0.4, 0.5) is 5.69 Å². The second kappa shape index (κ2) is 3.06. The molecule has 0 saturated carbocycles. The van der Waals surface area contributed by atoms with Crippen LogP contribution in [0.3, 0.4) is 0 Å². The van der Waals surface area contributed by atoms with Gasteiger partial charge in [-0.2, -0.15) is 5.10 Å². The fraction of sp³-hybridized carbons (Fsp3) is 0.125. The van der Waals surface area contributed by atoms with Crippen molar-refractivity contribution in [2.24, 2.45) is 7.05 Å². The van der Waals surface area contributed by atoms with Gasteiger partial charge in [-0.15, -0.1) is 0 Å². The van der Waals surface area contributed by atoms with Crippen LogP contribution in [0.15, 0.2) is 22.8 Å². The number of halogens is 1. The molecular formula is C8H6BrN3O2. The molecule has 0 aliphatic carbocycles. The number of nitrogens with zero attached hydrogens (tertiary/aromatic N) is 3. The third kappa shape index (κ3) is 1.37. The summed E-state index contributed by atoms with van der Waals surface area (Å²) in [5.74, 6) is 0. The van der Waals surface area contributed by atoms with E-state index in [0.29, 0.717) is 4.47 Å². The zero-order valence-electron chi connectivity index (χ0n) is 7.27. The standard InChI is InChI=1S/C8H6BrN3O2/c1-11-4-5-2-8(12(13)14)6(9)3-7(5)10-11/h2-4H,1H3. The number of rotatable bonds is 1. The normalized spacial score (nSPS) is 10.7. The van der Waals surface area contributed by atoms with Crippen molar-refractivity contribution in [1.82, 2.24) is 9.78 Å². The van der Waals surface area contributed by atoms with Crippen LogP contribution >= 0.6 is 15.9 Å². The predicted octanol–water partition coefficient (Wildman–Crippen LogP) is 2.24. The molecule has 0 saturated heterocycles. The van der Waals surface area contributed by atoms with Crippen molar-refractivity contribution in [1.29, 1.82) is 0 Å². The average molecular weight is 256 g/mol. The average Bonchev–Trinajstić information content (AvgIpc) is 2.42. The number of hydrogen-bond donors (Lipinski definition) is 0.